The molecular weight excluding hydrogens is 403 g/mol. The zero-order chi connectivity index (χ0) is 21.5. The lowest BCUT2D eigenvalue weighted by Gasteiger charge is -2.29. The molecule has 162 valence electrons. The van der Waals surface area contributed by atoms with Crippen molar-refractivity contribution < 1.29 is 18.7 Å². The molecule has 0 saturated carbocycles. The third-order valence-corrected chi connectivity index (χ3v) is 6.38. The van der Waals surface area contributed by atoms with Gasteiger partial charge in [-0.3, -0.25) is 9.59 Å². The van der Waals surface area contributed by atoms with Crippen molar-refractivity contribution in [2.45, 2.75) is 52.3 Å². The number of carbonyl (C=O) groups is 2. The lowest BCUT2D eigenvalue weighted by molar-refractivity contribution is -0.142. The Hall–Kier alpha value is -2.25. The molecule has 2 aromatic rings. The van der Waals surface area contributed by atoms with E-state index in [2.05, 4.69) is 0 Å². The van der Waals surface area contributed by atoms with Crippen LogP contribution in [0.5, 0.6) is 0 Å². The van der Waals surface area contributed by atoms with Crippen LogP contribution in [0.3, 0.4) is 0 Å². The first-order valence-corrected chi connectivity index (χ1v) is 11.3. The van der Waals surface area contributed by atoms with Crippen LogP contribution in [0.4, 0.5) is 4.39 Å². The first-order chi connectivity index (χ1) is 14.5. The van der Waals surface area contributed by atoms with Crippen molar-refractivity contribution in [3.05, 3.63) is 57.5 Å². The monoisotopic (exact) mass is 432 g/mol. The molecule has 0 radical (unpaired) electrons. The summed E-state index contributed by atoms with van der Waals surface area (Å²) >= 11 is 1.61. The van der Waals surface area contributed by atoms with Crippen LogP contribution >= 0.6 is 11.3 Å². The third-order valence-electron chi connectivity index (χ3n) is 5.37. The third kappa shape index (κ3) is 6.12. The van der Waals surface area contributed by atoms with Crippen LogP contribution < -0.4 is 0 Å². The van der Waals surface area contributed by atoms with Crippen LogP contribution in [-0.4, -0.2) is 47.4 Å². The van der Waals surface area contributed by atoms with Gasteiger partial charge in [-0.1, -0.05) is 19.1 Å². The quantitative estimate of drug-likeness (QED) is 0.598. The highest BCUT2D eigenvalue weighted by molar-refractivity contribution is 7.10. The van der Waals surface area contributed by atoms with E-state index >= 15 is 0 Å². The number of hydrogen-bond acceptors (Lipinski definition) is 4. The van der Waals surface area contributed by atoms with Gasteiger partial charge in [0.2, 0.25) is 11.8 Å². The number of halogens is 1. The molecular formula is C23H29FN2O3S. The minimum atomic E-state index is -0.304. The molecule has 3 rings (SSSR count). The number of nitrogens with zero attached hydrogens (tertiary/aromatic N) is 2. The van der Waals surface area contributed by atoms with Crippen LogP contribution in [-0.2, 0) is 27.4 Å². The average Bonchev–Trinajstić information content (AvgIpc) is 3.39. The second-order valence-corrected chi connectivity index (χ2v) is 8.67. The first kappa shape index (κ1) is 22.4. The maximum Gasteiger partial charge on any atom is 0.242 e. The van der Waals surface area contributed by atoms with E-state index < -0.39 is 0 Å². The minimum Gasteiger partial charge on any atom is -0.376 e. The van der Waals surface area contributed by atoms with Gasteiger partial charge < -0.3 is 14.5 Å². The Bertz CT molecular complexity index is 846. The summed E-state index contributed by atoms with van der Waals surface area (Å²) in [7, 11) is 0. The van der Waals surface area contributed by atoms with E-state index in [1.54, 1.807) is 40.2 Å². The molecule has 1 fully saturated rings. The number of ether oxygens (including phenoxy) is 1. The summed E-state index contributed by atoms with van der Waals surface area (Å²) in [6, 6.07) is 8.22. The minimum absolute atomic E-state index is 0.00149. The summed E-state index contributed by atoms with van der Waals surface area (Å²) in [5.41, 5.74) is 1.99. The number of amides is 2. The highest BCUT2D eigenvalue weighted by atomic mass is 32.1. The van der Waals surface area contributed by atoms with E-state index in [1.807, 2.05) is 18.4 Å². The van der Waals surface area contributed by atoms with Gasteiger partial charge in [-0.05, 0) is 54.5 Å². The number of benzene rings is 1. The summed E-state index contributed by atoms with van der Waals surface area (Å²) in [4.78, 5) is 30.2. The van der Waals surface area contributed by atoms with E-state index in [4.69, 9.17) is 4.74 Å². The molecule has 1 aliphatic heterocycles. The van der Waals surface area contributed by atoms with Gasteiger partial charge in [-0.25, -0.2) is 4.39 Å². The van der Waals surface area contributed by atoms with Gasteiger partial charge in [0.15, 0.2) is 0 Å². The Morgan fingerprint density at radius 2 is 1.90 bits per heavy atom. The number of aryl methyl sites for hydroxylation is 1. The van der Waals surface area contributed by atoms with Crippen molar-refractivity contribution in [2.24, 2.45) is 0 Å². The van der Waals surface area contributed by atoms with E-state index in [0.717, 1.165) is 28.8 Å². The van der Waals surface area contributed by atoms with Crippen molar-refractivity contribution in [3.63, 3.8) is 0 Å². The Balaban J connectivity index is 1.75. The topological polar surface area (TPSA) is 49.9 Å². The Morgan fingerprint density at radius 3 is 2.50 bits per heavy atom. The Labute approximate surface area is 181 Å². The Morgan fingerprint density at radius 1 is 1.13 bits per heavy atom. The zero-order valence-corrected chi connectivity index (χ0v) is 18.4. The lowest BCUT2D eigenvalue weighted by Crippen LogP contribution is -2.45. The molecule has 1 unspecified atom stereocenters. The first-order valence-electron chi connectivity index (χ1n) is 10.4. The predicted molar refractivity (Wildman–Crippen MR) is 116 cm³/mol. The van der Waals surface area contributed by atoms with Gasteiger partial charge in [0.05, 0.1) is 19.2 Å². The van der Waals surface area contributed by atoms with Gasteiger partial charge >= 0.3 is 0 Å². The van der Waals surface area contributed by atoms with E-state index in [0.29, 0.717) is 32.7 Å². The molecule has 1 aliphatic rings. The summed E-state index contributed by atoms with van der Waals surface area (Å²) in [6.45, 7) is 5.84. The number of thiophene rings is 1. The average molecular weight is 433 g/mol. The molecule has 30 heavy (non-hydrogen) atoms. The van der Waals surface area contributed by atoms with Crippen LogP contribution in [0.15, 0.2) is 35.7 Å². The molecule has 7 heteroatoms. The molecule has 0 spiro atoms. The molecule has 0 N–H and O–H groups in total. The van der Waals surface area contributed by atoms with Gasteiger partial charge in [0, 0.05) is 31.0 Å². The largest absolute Gasteiger partial charge is 0.376 e. The van der Waals surface area contributed by atoms with Crippen LogP contribution in [0.2, 0.25) is 0 Å². The fourth-order valence-corrected chi connectivity index (χ4v) is 4.48. The number of rotatable bonds is 9. The summed E-state index contributed by atoms with van der Waals surface area (Å²) < 4.78 is 19.0. The summed E-state index contributed by atoms with van der Waals surface area (Å²) in [6.07, 6.45) is 2.25. The van der Waals surface area contributed by atoms with E-state index in [9.17, 15) is 14.0 Å². The number of hydrogen-bond donors (Lipinski definition) is 0. The predicted octanol–water partition coefficient (Wildman–Crippen LogP) is 4.14. The molecule has 2 amide bonds. The maximum absolute atomic E-state index is 13.3. The smallest absolute Gasteiger partial charge is 0.242 e. The van der Waals surface area contributed by atoms with Gasteiger partial charge in [0.25, 0.3) is 0 Å². The molecule has 2 heterocycles. The zero-order valence-electron chi connectivity index (χ0n) is 17.6. The molecule has 0 aliphatic carbocycles. The molecule has 1 aromatic carbocycles. The van der Waals surface area contributed by atoms with Crippen LogP contribution in [0.25, 0.3) is 0 Å². The molecule has 1 atom stereocenters. The van der Waals surface area contributed by atoms with Gasteiger partial charge in [-0.15, -0.1) is 11.3 Å². The molecule has 5 nitrogen and oxygen atoms in total. The van der Waals surface area contributed by atoms with Crippen molar-refractivity contribution in [2.75, 3.05) is 19.7 Å². The highest BCUT2D eigenvalue weighted by Gasteiger charge is 2.26. The van der Waals surface area contributed by atoms with E-state index in [1.165, 1.54) is 12.1 Å². The Kier molecular flexibility index (Phi) is 7.99. The molecule has 0 bridgehead atoms. The van der Waals surface area contributed by atoms with Crippen molar-refractivity contribution in [3.8, 4) is 0 Å². The van der Waals surface area contributed by atoms with Crippen molar-refractivity contribution >= 4 is 23.2 Å². The van der Waals surface area contributed by atoms with Gasteiger partial charge in [0.1, 0.15) is 5.82 Å². The molecule has 1 aromatic heterocycles. The van der Waals surface area contributed by atoms with Crippen LogP contribution in [0, 0.1) is 12.7 Å². The fourth-order valence-electron chi connectivity index (χ4n) is 3.56. The highest BCUT2D eigenvalue weighted by Crippen LogP contribution is 2.20. The van der Waals surface area contributed by atoms with Crippen molar-refractivity contribution in [1.29, 1.82) is 0 Å². The van der Waals surface area contributed by atoms with Gasteiger partial charge in [-0.2, -0.15) is 0 Å². The number of carbonyl (C=O) groups excluding carboxylic acids is 2. The molecule has 1 saturated heterocycles. The fraction of sp³-hybridized carbons (Fsp3) is 0.478. The lowest BCUT2D eigenvalue weighted by atomic mass is 10.2. The second kappa shape index (κ2) is 10.7. The summed E-state index contributed by atoms with van der Waals surface area (Å²) in [5.74, 6) is -0.471. The van der Waals surface area contributed by atoms with Crippen LogP contribution in [0.1, 0.15) is 42.2 Å². The summed E-state index contributed by atoms with van der Waals surface area (Å²) in [5, 5.41) is 2.01. The standard InChI is InChI=1S/C23H29FN2O3S/c1-3-22(27)26(14-20-5-4-11-29-20)16-23(28)25(15-21-17(2)10-12-30-21)13-18-6-8-19(24)9-7-18/h6-10,12,20H,3-5,11,13-16H2,1-2H3. The SMILES string of the molecule is CCC(=O)N(CC(=O)N(Cc1ccc(F)cc1)Cc1sccc1C)CC1CCCO1. The maximum atomic E-state index is 13.3. The van der Waals surface area contributed by atoms with Crippen molar-refractivity contribution in [1.82, 2.24) is 9.80 Å². The van der Waals surface area contributed by atoms with E-state index in [-0.39, 0.29) is 30.3 Å². The second-order valence-electron chi connectivity index (χ2n) is 7.67. The normalized spacial score (nSPS) is 15.9.